The minimum absolute atomic E-state index is 0.00262. The van der Waals surface area contributed by atoms with E-state index in [0.29, 0.717) is 19.5 Å². The molecule has 0 bridgehead atoms. The monoisotopic (exact) mass is 297 g/mol. The Labute approximate surface area is 122 Å². The topological polar surface area (TPSA) is 107 Å². The van der Waals surface area contributed by atoms with Gasteiger partial charge >= 0.3 is 12.0 Å². The van der Waals surface area contributed by atoms with Crippen molar-refractivity contribution in [3.63, 3.8) is 0 Å². The zero-order valence-corrected chi connectivity index (χ0v) is 11.9. The molecular formula is C13H19N3O5. The maximum Gasteiger partial charge on any atom is 0.318 e. The van der Waals surface area contributed by atoms with Crippen LogP contribution in [0, 0.1) is 5.92 Å². The van der Waals surface area contributed by atoms with Crippen LogP contribution in [0.3, 0.4) is 0 Å². The third-order valence-corrected chi connectivity index (χ3v) is 4.02. The summed E-state index contributed by atoms with van der Waals surface area (Å²) in [6, 6.07) is -1.15. The molecule has 2 aliphatic rings. The van der Waals surface area contributed by atoms with Gasteiger partial charge in [-0.15, -0.1) is 0 Å². The first kappa shape index (κ1) is 15.3. The highest BCUT2D eigenvalue weighted by atomic mass is 16.4. The van der Waals surface area contributed by atoms with E-state index in [1.54, 1.807) is 4.90 Å². The van der Waals surface area contributed by atoms with Crippen LogP contribution in [0.15, 0.2) is 0 Å². The van der Waals surface area contributed by atoms with Crippen molar-refractivity contribution in [2.75, 3.05) is 20.1 Å². The standard InChI is InChI=1S/C13H19N3O5/c1-15-10(17)6-9(12(15)20)14-13(21)16-5-4-8(7-16)2-3-11(18)19/h8-9H,2-7H2,1H3,(H,14,21)(H,18,19). The number of carboxylic acid groups (broad SMARTS) is 1. The van der Waals surface area contributed by atoms with Crippen LogP contribution in [-0.2, 0) is 14.4 Å². The number of imide groups is 1. The number of likely N-dealkylation sites (tertiary alicyclic amines) is 2. The Morgan fingerprint density at radius 3 is 2.67 bits per heavy atom. The molecule has 0 aliphatic carbocycles. The molecule has 2 atom stereocenters. The van der Waals surface area contributed by atoms with Gasteiger partial charge in [0.25, 0.3) is 5.91 Å². The van der Waals surface area contributed by atoms with Crippen LogP contribution >= 0.6 is 0 Å². The number of carbonyl (C=O) groups is 4. The number of rotatable bonds is 4. The van der Waals surface area contributed by atoms with Crippen molar-refractivity contribution in [2.45, 2.75) is 31.7 Å². The maximum atomic E-state index is 12.1. The van der Waals surface area contributed by atoms with Crippen molar-refractivity contribution in [1.29, 1.82) is 0 Å². The second-order valence-electron chi connectivity index (χ2n) is 5.53. The number of aliphatic carboxylic acids is 1. The molecule has 2 aliphatic heterocycles. The zero-order valence-electron chi connectivity index (χ0n) is 11.9. The number of urea groups is 1. The average Bonchev–Trinajstić information content (AvgIpc) is 2.99. The van der Waals surface area contributed by atoms with E-state index in [-0.39, 0.29) is 30.7 Å². The van der Waals surface area contributed by atoms with Gasteiger partial charge in [-0.25, -0.2) is 4.79 Å². The molecule has 0 aromatic heterocycles. The predicted octanol–water partition coefficient (Wildman–Crippen LogP) is -0.360. The molecular weight excluding hydrogens is 278 g/mol. The molecule has 2 fully saturated rings. The van der Waals surface area contributed by atoms with Crippen LogP contribution < -0.4 is 5.32 Å². The molecule has 4 amide bonds. The number of amides is 4. The molecule has 0 aromatic carbocycles. The molecule has 8 nitrogen and oxygen atoms in total. The lowest BCUT2D eigenvalue weighted by Gasteiger charge is -2.19. The largest absolute Gasteiger partial charge is 0.481 e. The molecule has 2 saturated heterocycles. The van der Waals surface area contributed by atoms with Crippen LogP contribution in [0.1, 0.15) is 25.7 Å². The van der Waals surface area contributed by atoms with E-state index in [1.807, 2.05) is 0 Å². The van der Waals surface area contributed by atoms with Gasteiger partial charge in [0.05, 0.1) is 6.42 Å². The normalized spacial score (nSPS) is 25.6. The first-order valence-electron chi connectivity index (χ1n) is 6.96. The molecule has 116 valence electrons. The number of hydrogen-bond donors (Lipinski definition) is 2. The zero-order chi connectivity index (χ0) is 15.6. The molecule has 0 radical (unpaired) electrons. The number of nitrogens with zero attached hydrogens (tertiary/aromatic N) is 2. The average molecular weight is 297 g/mol. The summed E-state index contributed by atoms with van der Waals surface area (Å²) in [5.74, 6) is -1.35. The molecule has 0 spiro atoms. The summed E-state index contributed by atoms with van der Waals surface area (Å²) in [4.78, 5) is 48.3. The molecule has 2 unspecified atom stereocenters. The van der Waals surface area contributed by atoms with E-state index in [1.165, 1.54) is 7.05 Å². The third kappa shape index (κ3) is 3.50. The van der Waals surface area contributed by atoms with E-state index in [0.717, 1.165) is 11.3 Å². The van der Waals surface area contributed by atoms with Gasteiger partial charge in [0.2, 0.25) is 5.91 Å². The smallest absolute Gasteiger partial charge is 0.318 e. The van der Waals surface area contributed by atoms with Gasteiger partial charge in [-0.2, -0.15) is 0 Å². The number of carbonyl (C=O) groups excluding carboxylic acids is 3. The van der Waals surface area contributed by atoms with Gasteiger partial charge in [0.15, 0.2) is 0 Å². The highest BCUT2D eigenvalue weighted by molar-refractivity contribution is 6.06. The third-order valence-electron chi connectivity index (χ3n) is 4.02. The first-order chi connectivity index (χ1) is 9.88. The van der Waals surface area contributed by atoms with Crippen LogP contribution in [-0.4, -0.2) is 64.9 Å². The van der Waals surface area contributed by atoms with Crippen molar-refractivity contribution >= 4 is 23.8 Å². The second kappa shape index (κ2) is 6.11. The maximum absolute atomic E-state index is 12.1. The summed E-state index contributed by atoms with van der Waals surface area (Å²) in [6.07, 6.45) is 1.40. The lowest BCUT2D eigenvalue weighted by Crippen LogP contribution is -2.46. The van der Waals surface area contributed by atoms with Gasteiger partial charge in [-0.05, 0) is 18.8 Å². The quantitative estimate of drug-likeness (QED) is 0.689. The van der Waals surface area contributed by atoms with Crippen molar-refractivity contribution in [1.82, 2.24) is 15.1 Å². The van der Waals surface area contributed by atoms with Crippen LogP contribution in [0.5, 0.6) is 0 Å². The van der Waals surface area contributed by atoms with Crippen LogP contribution in [0.2, 0.25) is 0 Å². The van der Waals surface area contributed by atoms with Crippen molar-refractivity contribution in [2.24, 2.45) is 5.92 Å². The Hall–Kier alpha value is -2.12. The SMILES string of the molecule is CN1C(=O)CC(NC(=O)N2CCC(CCC(=O)O)C2)C1=O. The molecule has 2 heterocycles. The Morgan fingerprint density at radius 2 is 2.10 bits per heavy atom. The minimum atomic E-state index is -0.837. The van der Waals surface area contributed by atoms with E-state index in [4.69, 9.17) is 5.11 Å². The van der Waals surface area contributed by atoms with E-state index >= 15 is 0 Å². The van der Waals surface area contributed by atoms with Gasteiger partial charge in [0.1, 0.15) is 6.04 Å². The molecule has 21 heavy (non-hydrogen) atoms. The molecule has 0 saturated carbocycles. The Kier molecular flexibility index (Phi) is 4.44. The van der Waals surface area contributed by atoms with Crippen molar-refractivity contribution in [3.8, 4) is 0 Å². The minimum Gasteiger partial charge on any atom is -0.481 e. The van der Waals surface area contributed by atoms with Crippen LogP contribution in [0.25, 0.3) is 0 Å². The highest BCUT2D eigenvalue weighted by Gasteiger charge is 2.38. The van der Waals surface area contributed by atoms with E-state index < -0.39 is 17.9 Å². The fraction of sp³-hybridized carbons (Fsp3) is 0.692. The molecule has 8 heteroatoms. The van der Waals surface area contributed by atoms with Crippen LogP contribution in [0.4, 0.5) is 4.79 Å². The van der Waals surface area contributed by atoms with Crippen molar-refractivity contribution < 1.29 is 24.3 Å². The summed E-state index contributed by atoms with van der Waals surface area (Å²) >= 11 is 0. The fourth-order valence-electron chi connectivity index (χ4n) is 2.69. The fourth-order valence-corrected chi connectivity index (χ4v) is 2.69. The number of hydrogen-bond acceptors (Lipinski definition) is 4. The Bertz CT molecular complexity index is 478. The molecule has 2 N–H and O–H groups in total. The van der Waals surface area contributed by atoms with Gasteiger partial charge in [0, 0.05) is 26.6 Å². The predicted molar refractivity (Wildman–Crippen MR) is 71.3 cm³/mol. The Balaban J connectivity index is 1.81. The lowest BCUT2D eigenvalue weighted by atomic mass is 10.0. The number of carboxylic acids is 1. The number of likely N-dealkylation sites (N-methyl/N-ethyl adjacent to an activating group) is 1. The molecule has 2 rings (SSSR count). The first-order valence-corrected chi connectivity index (χ1v) is 6.96. The molecule has 0 aromatic rings. The Morgan fingerprint density at radius 1 is 1.38 bits per heavy atom. The number of nitrogens with one attached hydrogen (secondary N) is 1. The summed E-state index contributed by atoms with van der Waals surface area (Å²) in [5.41, 5.74) is 0. The van der Waals surface area contributed by atoms with E-state index in [9.17, 15) is 19.2 Å². The van der Waals surface area contributed by atoms with Gasteiger partial charge in [-0.3, -0.25) is 19.3 Å². The summed E-state index contributed by atoms with van der Waals surface area (Å²) in [5, 5.41) is 11.2. The second-order valence-corrected chi connectivity index (χ2v) is 5.53. The summed E-state index contributed by atoms with van der Waals surface area (Å²) in [6.45, 7) is 1.03. The van der Waals surface area contributed by atoms with Gasteiger partial charge in [-0.1, -0.05) is 0 Å². The van der Waals surface area contributed by atoms with Gasteiger partial charge < -0.3 is 15.3 Å². The summed E-state index contributed by atoms with van der Waals surface area (Å²) < 4.78 is 0. The highest BCUT2D eigenvalue weighted by Crippen LogP contribution is 2.21. The van der Waals surface area contributed by atoms with E-state index in [2.05, 4.69) is 5.32 Å². The lowest BCUT2D eigenvalue weighted by molar-refractivity contribution is -0.138. The van der Waals surface area contributed by atoms with Crippen molar-refractivity contribution in [3.05, 3.63) is 0 Å². The summed E-state index contributed by atoms with van der Waals surface area (Å²) in [7, 11) is 1.40.